The lowest BCUT2D eigenvalue weighted by molar-refractivity contribution is 0.182. The summed E-state index contributed by atoms with van der Waals surface area (Å²) in [6, 6.07) is 29.6. The van der Waals surface area contributed by atoms with Crippen molar-refractivity contribution < 1.29 is 13.9 Å². The summed E-state index contributed by atoms with van der Waals surface area (Å²) in [5, 5.41) is 13.2. The van der Waals surface area contributed by atoms with E-state index in [1.165, 1.54) is 24.0 Å². The summed E-state index contributed by atoms with van der Waals surface area (Å²) >= 11 is 0. The van der Waals surface area contributed by atoms with Gasteiger partial charge in [0, 0.05) is 40.0 Å². The van der Waals surface area contributed by atoms with Crippen LogP contribution in [0.25, 0.3) is 43.9 Å². The summed E-state index contributed by atoms with van der Waals surface area (Å²) in [5.74, 6) is 0.103. The van der Waals surface area contributed by atoms with Crippen LogP contribution < -0.4 is 5.73 Å². The van der Waals surface area contributed by atoms with Crippen molar-refractivity contribution >= 4 is 43.9 Å². The summed E-state index contributed by atoms with van der Waals surface area (Å²) in [4.78, 5) is 2.21. The predicted molar refractivity (Wildman–Crippen MR) is 151 cm³/mol. The normalized spacial score (nSPS) is 16.3. The van der Waals surface area contributed by atoms with Crippen LogP contribution in [0.4, 0.5) is 0 Å². The van der Waals surface area contributed by atoms with E-state index in [0.717, 1.165) is 50.4 Å². The van der Waals surface area contributed by atoms with E-state index in [2.05, 4.69) is 60.5 Å². The molecule has 3 N–H and O–H groups in total. The number of para-hydroxylation sites is 2. The van der Waals surface area contributed by atoms with Crippen molar-refractivity contribution in [1.82, 2.24) is 4.90 Å². The van der Waals surface area contributed by atoms with E-state index in [9.17, 15) is 0 Å². The van der Waals surface area contributed by atoms with Gasteiger partial charge in [-0.2, -0.15) is 0 Å². The number of hydrogen-bond donors (Lipinski definition) is 2. The lowest BCUT2D eigenvalue weighted by Crippen LogP contribution is -2.27. The van der Waals surface area contributed by atoms with Crippen LogP contribution >= 0.6 is 0 Å². The highest BCUT2D eigenvalue weighted by molar-refractivity contribution is 6.06. The Morgan fingerprint density at radius 1 is 0.784 bits per heavy atom. The van der Waals surface area contributed by atoms with Gasteiger partial charge in [-0.15, -0.1) is 0 Å². The zero-order chi connectivity index (χ0) is 25.4. The molecule has 1 aliphatic rings. The Kier molecular flexibility index (Phi) is 6.43. The number of fused-ring (bicyclic) bond motifs is 6. The first-order chi connectivity index (χ1) is 18.2. The number of furan rings is 2. The number of aliphatic hydroxyl groups excluding tert-OH is 1. The second kappa shape index (κ2) is 10.0. The average molecular weight is 493 g/mol. The Hall–Kier alpha value is -3.64. The Morgan fingerprint density at radius 2 is 1.30 bits per heavy atom. The van der Waals surface area contributed by atoms with E-state index in [4.69, 9.17) is 19.7 Å². The molecule has 1 saturated heterocycles. The molecule has 0 amide bonds. The second-order valence-electron chi connectivity index (χ2n) is 9.96. The molecule has 0 radical (unpaired) electrons. The van der Waals surface area contributed by atoms with Gasteiger partial charge < -0.3 is 24.6 Å². The lowest BCUT2D eigenvalue weighted by atomic mass is 9.89. The Balaban J connectivity index is 0.000000272. The van der Waals surface area contributed by atoms with Crippen LogP contribution in [0, 0.1) is 0 Å². The zero-order valence-electron chi connectivity index (χ0n) is 21.1. The molecule has 0 aliphatic carbocycles. The fourth-order valence-electron chi connectivity index (χ4n) is 5.60. The summed E-state index contributed by atoms with van der Waals surface area (Å²) in [5.41, 5.74) is 12.3. The minimum atomic E-state index is 0.103. The number of likely N-dealkylation sites (N-methyl/N-ethyl adjacent to an activating group) is 1. The van der Waals surface area contributed by atoms with Crippen molar-refractivity contribution in [3.05, 3.63) is 96.1 Å². The number of rotatable bonds is 4. The molecule has 188 valence electrons. The van der Waals surface area contributed by atoms with E-state index in [1.807, 2.05) is 36.4 Å². The third-order valence-electron chi connectivity index (χ3n) is 7.72. The van der Waals surface area contributed by atoms with E-state index < -0.39 is 0 Å². The fourth-order valence-corrected chi connectivity index (χ4v) is 5.60. The Bertz CT molecular complexity index is 1570. The van der Waals surface area contributed by atoms with Gasteiger partial charge in [-0.3, -0.25) is 0 Å². The monoisotopic (exact) mass is 492 g/mol. The minimum Gasteiger partial charge on any atom is -0.456 e. The predicted octanol–water partition coefficient (Wildman–Crippen LogP) is 6.65. The molecule has 6 aromatic rings. The van der Waals surface area contributed by atoms with Crippen molar-refractivity contribution in [2.45, 2.75) is 24.8 Å². The maximum atomic E-state index is 8.69. The van der Waals surface area contributed by atoms with Gasteiger partial charge in [0.05, 0.1) is 6.61 Å². The molecule has 2 aromatic heterocycles. The molecule has 1 fully saturated rings. The van der Waals surface area contributed by atoms with E-state index in [0.29, 0.717) is 19.2 Å². The highest BCUT2D eigenvalue weighted by Crippen LogP contribution is 2.35. The maximum Gasteiger partial charge on any atom is 0.135 e. The summed E-state index contributed by atoms with van der Waals surface area (Å²) in [6.45, 7) is 2.02. The van der Waals surface area contributed by atoms with Crippen molar-refractivity contribution in [2.24, 2.45) is 5.73 Å². The summed E-state index contributed by atoms with van der Waals surface area (Å²) in [6.07, 6.45) is 2.43. The van der Waals surface area contributed by atoms with Gasteiger partial charge in [0.25, 0.3) is 0 Å². The first-order valence-corrected chi connectivity index (χ1v) is 13.0. The Labute approximate surface area is 216 Å². The maximum absolute atomic E-state index is 8.69. The van der Waals surface area contributed by atoms with Gasteiger partial charge >= 0.3 is 0 Å². The van der Waals surface area contributed by atoms with Gasteiger partial charge in [-0.05, 0) is 74.0 Å². The third-order valence-corrected chi connectivity index (χ3v) is 7.72. The molecule has 0 bridgehead atoms. The molecule has 1 atom stereocenters. The number of aliphatic hydroxyl groups is 1. The van der Waals surface area contributed by atoms with Gasteiger partial charge in [0.2, 0.25) is 0 Å². The van der Waals surface area contributed by atoms with Crippen molar-refractivity contribution in [3.63, 3.8) is 0 Å². The van der Waals surface area contributed by atoms with Gasteiger partial charge in [-0.1, -0.05) is 48.5 Å². The minimum absolute atomic E-state index is 0.103. The third kappa shape index (κ3) is 4.40. The molecule has 0 spiro atoms. The molecule has 7 rings (SSSR count). The summed E-state index contributed by atoms with van der Waals surface area (Å²) < 4.78 is 12.0. The van der Waals surface area contributed by atoms with Crippen molar-refractivity contribution in [2.75, 3.05) is 26.7 Å². The fraction of sp³-hybridized carbons (Fsp3) is 0.250. The van der Waals surface area contributed by atoms with Crippen LogP contribution in [0.1, 0.15) is 29.9 Å². The quantitative estimate of drug-likeness (QED) is 0.288. The van der Waals surface area contributed by atoms with E-state index >= 15 is 0 Å². The highest BCUT2D eigenvalue weighted by Gasteiger charge is 2.19. The van der Waals surface area contributed by atoms with Gasteiger partial charge in [0.1, 0.15) is 22.3 Å². The SMILES string of the molecule is CN1CCC[C@H]1CO.NCC(c1ccc2oc3ccccc3c2c1)c1ccc2oc3ccccc3c2c1. The molecule has 0 unspecified atom stereocenters. The number of benzene rings is 4. The van der Waals surface area contributed by atoms with Crippen molar-refractivity contribution in [1.29, 1.82) is 0 Å². The number of nitrogens with zero attached hydrogens (tertiary/aromatic N) is 1. The second-order valence-corrected chi connectivity index (χ2v) is 9.96. The van der Waals surface area contributed by atoms with Crippen LogP contribution in [-0.4, -0.2) is 42.8 Å². The van der Waals surface area contributed by atoms with Crippen LogP contribution in [0.3, 0.4) is 0 Å². The molecule has 3 heterocycles. The first-order valence-electron chi connectivity index (χ1n) is 13.0. The molecule has 1 aliphatic heterocycles. The standard InChI is InChI=1S/C26H19NO2.C6H13NO/c27-15-22(16-9-11-25-20(13-16)18-5-1-3-7-23(18)28-25)17-10-12-26-21(14-17)19-6-2-4-8-24(19)29-26;1-7-4-2-3-6(7)5-8/h1-14,22H,15,27H2;6,8H,2-5H2,1H3/t;6-/m.0/s1. The molecular formula is C32H32N2O3. The van der Waals surface area contributed by atoms with E-state index in [-0.39, 0.29) is 5.92 Å². The highest BCUT2D eigenvalue weighted by atomic mass is 16.3. The average Bonchev–Trinajstić information content (AvgIpc) is 3.63. The molecule has 5 nitrogen and oxygen atoms in total. The van der Waals surface area contributed by atoms with Gasteiger partial charge in [0.15, 0.2) is 0 Å². The number of nitrogens with two attached hydrogens (primary N) is 1. The van der Waals surface area contributed by atoms with Crippen LogP contribution in [0.15, 0.2) is 93.8 Å². The van der Waals surface area contributed by atoms with Crippen LogP contribution in [-0.2, 0) is 0 Å². The van der Waals surface area contributed by atoms with Crippen LogP contribution in [0.5, 0.6) is 0 Å². The van der Waals surface area contributed by atoms with Gasteiger partial charge in [-0.25, -0.2) is 0 Å². The molecular weight excluding hydrogens is 460 g/mol. The smallest absolute Gasteiger partial charge is 0.135 e. The summed E-state index contributed by atoms with van der Waals surface area (Å²) in [7, 11) is 2.06. The van der Waals surface area contributed by atoms with Crippen LogP contribution in [0.2, 0.25) is 0 Å². The largest absolute Gasteiger partial charge is 0.456 e. The molecule has 0 saturated carbocycles. The molecule has 37 heavy (non-hydrogen) atoms. The molecule has 5 heteroatoms. The number of hydrogen-bond acceptors (Lipinski definition) is 5. The first kappa shape index (κ1) is 23.7. The lowest BCUT2D eigenvalue weighted by Gasteiger charge is -2.16. The Morgan fingerprint density at radius 3 is 1.73 bits per heavy atom. The molecule has 4 aromatic carbocycles. The van der Waals surface area contributed by atoms with Crippen molar-refractivity contribution in [3.8, 4) is 0 Å². The zero-order valence-corrected chi connectivity index (χ0v) is 21.1. The van der Waals surface area contributed by atoms with E-state index in [1.54, 1.807) is 0 Å². The number of likely N-dealkylation sites (tertiary alicyclic amines) is 1. The topological polar surface area (TPSA) is 75.8 Å².